The van der Waals surface area contributed by atoms with Crippen LogP contribution in [0.2, 0.25) is 0 Å². The molecule has 1 unspecified atom stereocenters. The number of thiazole rings is 1. The highest BCUT2D eigenvalue weighted by atomic mass is 32.2. The predicted octanol–water partition coefficient (Wildman–Crippen LogP) is 2.11. The topological polar surface area (TPSA) is 37.3 Å². The molecule has 1 aliphatic heterocycles. The van der Waals surface area contributed by atoms with E-state index in [-0.39, 0.29) is 0 Å². The van der Waals surface area contributed by atoms with Gasteiger partial charge in [-0.05, 0) is 6.42 Å². The lowest BCUT2D eigenvalue weighted by Crippen LogP contribution is -2.18. The standard InChI is InChI=1S/C9H13N3S2/c1-2-7-5-11-9(14-7)12-6-8-10-3-4-13-8/h3-4,7H,2,5-6H2,1H3,(H,11,12). The van der Waals surface area contributed by atoms with Gasteiger partial charge in [0, 0.05) is 16.8 Å². The Balaban J connectivity index is 1.77. The lowest BCUT2D eigenvalue weighted by molar-refractivity contribution is 0.839. The Kier molecular flexibility index (Phi) is 3.42. The van der Waals surface area contributed by atoms with Crippen LogP contribution >= 0.6 is 23.1 Å². The molecule has 1 aromatic heterocycles. The zero-order valence-electron chi connectivity index (χ0n) is 8.06. The number of hydrogen-bond donors (Lipinski definition) is 1. The van der Waals surface area contributed by atoms with Crippen LogP contribution in [0.25, 0.3) is 0 Å². The van der Waals surface area contributed by atoms with Crippen LogP contribution in [0.3, 0.4) is 0 Å². The van der Waals surface area contributed by atoms with Gasteiger partial charge in [0.05, 0.1) is 13.1 Å². The average Bonchev–Trinajstić information content (AvgIpc) is 2.86. The third-order valence-electron chi connectivity index (χ3n) is 2.05. The Hall–Kier alpha value is -0.550. The molecule has 0 aliphatic carbocycles. The Morgan fingerprint density at radius 3 is 3.21 bits per heavy atom. The molecule has 0 aromatic carbocycles. The lowest BCUT2D eigenvalue weighted by Gasteiger charge is -2.04. The number of rotatable bonds is 3. The van der Waals surface area contributed by atoms with Crippen molar-refractivity contribution in [2.24, 2.45) is 4.99 Å². The van der Waals surface area contributed by atoms with Crippen molar-refractivity contribution in [2.75, 3.05) is 6.54 Å². The highest BCUT2D eigenvalue weighted by Crippen LogP contribution is 2.22. The molecule has 2 rings (SSSR count). The van der Waals surface area contributed by atoms with E-state index in [9.17, 15) is 0 Å². The van der Waals surface area contributed by atoms with Crippen LogP contribution < -0.4 is 5.32 Å². The molecule has 1 aliphatic rings. The van der Waals surface area contributed by atoms with E-state index in [0.717, 1.165) is 23.3 Å². The summed E-state index contributed by atoms with van der Waals surface area (Å²) in [6.45, 7) is 3.97. The van der Waals surface area contributed by atoms with Gasteiger partial charge in [0.1, 0.15) is 5.01 Å². The maximum Gasteiger partial charge on any atom is 0.157 e. The second-order valence-corrected chi connectivity index (χ2v) is 5.34. The van der Waals surface area contributed by atoms with E-state index in [4.69, 9.17) is 0 Å². The third kappa shape index (κ3) is 2.48. The van der Waals surface area contributed by atoms with Gasteiger partial charge in [0.25, 0.3) is 0 Å². The summed E-state index contributed by atoms with van der Waals surface area (Å²) in [5.41, 5.74) is 0. The van der Waals surface area contributed by atoms with Gasteiger partial charge >= 0.3 is 0 Å². The summed E-state index contributed by atoms with van der Waals surface area (Å²) >= 11 is 3.52. The lowest BCUT2D eigenvalue weighted by atomic mass is 10.3. The van der Waals surface area contributed by atoms with Crippen molar-refractivity contribution in [1.29, 1.82) is 0 Å². The van der Waals surface area contributed by atoms with Crippen molar-refractivity contribution in [3.8, 4) is 0 Å². The molecular weight excluding hydrogens is 214 g/mol. The SMILES string of the molecule is CCC1CN=C(NCc2nccs2)S1. The van der Waals surface area contributed by atoms with Gasteiger partial charge in [-0.15, -0.1) is 11.3 Å². The molecule has 5 heteroatoms. The molecule has 1 aromatic rings. The van der Waals surface area contributed by atoms with Crippen LogP contribution in [-0.2, 0) is 6.54 Å². The van der Waals surface area contributed by atoms with Crippen LogP contribution in [0.15, 0.2) is 16.6 Å². The van der Waals surface area contributed by atoms with Crippen LogP contribution in [0.5, 0.6) is 0 Å². The number of hydrogen-bond acceptors (Lipinski definition) is 5. The summed E-state index contributed by atoms with van der Waals surface area (Å²) in [5.74, 6) is 0. The predicted molar refractivity (Wildman–Crippen MR) is 62.9 cm³/mol. The number of nitrogens with zero attached hydrogens (tertiary/aromatic N) is 2. The molecule has 0 radical (unpaired) electrons. The van der Waals surface area contributed by atoms with Gasteiger partial charge < -0.3 is 5.32 Å². The number of aromatic nitrogens is 1. The number of amidine groups is 1. The van der Waals surface area contributed by atoms with Crippen LogP contribution in [0.4, 0.5) is 0 Å². The van der Waals surface area contributed by atoms with Crippen molar-refractivity contribution < 1.29 is 0 Å². The Labute approximate surface area is 92.0 Å². The molecule has 0 bridgehead atoms. The first-order chi connectivity index (χ1) is 6.88. The number of aliphatic imine (C=N–C) groups is 1. The quantitative estimate of drug-likeness (QED) is 0.859. The molecule has 2 heterocycles. The third-order valence-corrected chi connectivity index (χ3v) is 4.14. The first kappa shape index (κ1) is 9.98. The van der Waals surface area contributed by atoms with Crippen molar-refractivity contribution in [2.45, 2.75) is 25.1 Å². The molecule has 1 N–H and O–H groups in total. The normalized spacial score (nSPS) is 20.9. The second kappa shape index (κ2) is 4.79. The summed E-state index contributed by atoms with van der Waals surface area (Å²) in [5, 5.41) is 8.17. The molecule has 0 spiro atoms. The summed E-state index contributed by atoms with van der Waals surface area (Å²) in [6.07, 6.45) is 3.02. The fourth-order valence-electron chi connectivity index (χ4n) is 1.22. The highest BCUT2D eigenvalue weighted by molar-refractivity contribution is 8.14. The van der Waals surface area contributed by atoms with Crippen molar-refractivity contribution in [1.82, 2.24) is 10.3 Å². The van der Waals surface area contributed by atoms with Gasteiger partial charge in [0.15, 0.2) is 5.17 Å². The zero-order chi connectivity index (χ0) is 9.80. The van der Waals surface area contributed by atoms with E-state index < -0.39 is 0 Å². The molecular formula is C9H13N3S2. The smallest absolute Gasteiger partial charge is 0.157 e. The van der Waals surface area contributed by atoms with Crippen molar-refractivity contribution in [3.05, 3.63) is 16.6 Å². The molecule has 0 fully saturated rings. The maximum atomic E-state index is 4.43. The maximum absolute atomic E-state index is 4.43. The molecule has 0 amide bonds. The number of nitrogens with one attached hydrogen (secondary N) is 1. The Morgan fingerprint density at radius 2 is 2.57 bits per heavy atom. The summed E-state index contributed by atoms with van der Waals surface area (Å²) in [4.78, 5) is 8.64. The second-order valence-electron chi connectivity index (χ2n) is 3.07. The van der Waals surface area contributed by atoms with E-state index in [1.54, 1.807) is 11.3 Å². The van der Waals surface area contributed by atoms with E-state index in [1.807, 2.05) is 23.3 Å². The van der Waals surface area contributed by atoms with Gasteiger partial charge in [-0.1, -0.05) is 18.7 Å². The first-order valence-corrected chi connectivity index (χ1v) is 6.47. The van der Waals surface area contributed by atoms with E-state index in [2.05, 4.69) is 22.2 Å². The largest absolute Gasteiger partial charge is 0.358 e. The number of thioether (sulfide) groups is 1. The Bertz CT molecular complexity index is 308. The van der Waals surface area contributed by atoms with Crippen LogP contribution in [0.1, 0.15) is 18.4 Å². The van der Waals surface area contributed by atoms with E-state index >= 15 is 0 Å². The Morgan fingerprint density at radius 1 is 1.64 bits per heavy atom. The summed E-state index contributed by atoms with van der Waals surface area (Å²) < 4.78 is 0. The van der Waals surface area contributed by atoms with E-state index in [0.29, 0.717) is 5.25 Å². The minimum atomic E-state index is 0.675. The average molecular weight is 227 g/mol. The van der Waals surface area contributed by atoms with Crippen molar-refractivity contribution >= 4 is 28.3 Å². The highest BCUT2D eigenvalue weighted by Gasteiger charge is 2.17. The van der Waals surface area contributed by atoms with Gasteiger partial charge in [0.2, 0.25) is 0 Å². The summed E-state index contributed by atoms with van der Waals surface area (Å²) in [7, 11) is 0. The van der Waals surface area contributed by atoms with Gasteiger partial charge in [-0.3, -0.25) is 4.99 Å². The minimum absolute atomic E-state index is 0.675. The fourth-order valence-corrected chi connectivity index (χ4v) is 2.71. The molecule has 76 valence electrons. The molecule has 14 heavy (non-hydrogen) atoms. The molecule has 0 saturated carbocycles. The fraction of sp³-hybridized carbons (Fsp3) is 0.556. The van der Waals surface area contributed by atoms with E-state index in [1.165, 1.54) is 6.42 Å². The minimum Gasteiger partial charge on any atom is -0.358 e. The first-order valence-electron chi connectivity index (χ1n) is 4.72. The monoisotopic (exact) mass is 227 g/mol. The van der Waals surface area contributed by atoms with Crippen molar-refractivity contribution in [3.63, 3.8) is 0 Å². The zero-order valence-corrected chi connectivity index (χ0v) is 9.70. The van der Waals surface area contributed by atoms with Gasteiger partial charge in [-0.2, -0.15) is 0 Å². The molecule has 0 saturated heterocycles. The van der Waals surface area contributed by atoms with Crippen LogP contribution in [0, 0.1) is 0 Å². The van der Waals surface area contributed by atoms with Crippen LogP contribution in [-0.4, -0.2) is 21.9 Å². The summed E-state index contributed by atoms with van der Waals surface area (Å²) in [6, 6.07) is 0. The molecule has 3 nitrogen and oxygen atoms in total. The van der Waals surface area contributed by atoms with Gasteiger partial charge in [-0.25, -0.2) is 4.98 Å². The molecule has 1 atom stereocenters.